The van der Waals surface area contributed by atoms with E-state index in [1.165, 1.54) is 16.9 Å². The summed E-state index contributed by atoms with van der Waals surface area (Å²) in [6.07, 6.45) is 2.40. The minimum Gasteiger partial charge on any atom is -0.497 e. The quantitative estimate of drug-likeness (QED) is 0.186. The van der Waals surface area contributed by atoms with Crippen LogP contribution in [0.2, 0.25) is 0 Å². The van der Waals surface area contributed by atoms with Crippen molar-refractivity contribution in [3.05, 3.63) is 106 Å². The number of benzene rings is 3. The van der Waals surface area contributed by atoms with Gasteiger partial charge >= 0.3 is 5.97 Å². The smallest absolute Gasteiger partial charge is 0.341 e. The molecule has 0 saturated carbocycles. The third kappa shape index (κ3) is 5.06. The maximum Gasteiger partial charge on any atom is 0.341 e. The van der Waals surface area contributed by atoms with Gasteiger partial charge < -0.3 is 20.5 Å². The number of carbonyl (C=O) groups is 2. The highest BCUT2D eigenvalue weighted by molar-refractivity contribution is 7.17. The first-order chi connectivity index (χ1) is 22.0. The van der Waals surface area contributed by atoms with Crippen LogP contribution in [0.5, 0.6) is 5.75 Å². The standard InChI is InChI=1S/C35H31N5O4S/c1-3-44-35(42)28-24-18-13-21(20-9-5-4-6-10-20)19-27(24)45-34(28)39-33(41)29-30-32(38-26-12-8-7-11-25(26)37-30)40(31(29)36)22-14-16-23(43-2)17-15-22/h4-12,14-17,21H,3,13,18-19,36H2,1-2H3,(H,39,41)/t21-/m1/s1. The van der Waals surface area contributed by atoms with E-state index >= 15 is 0 Å². The van der Waals surface area contributed by atoms with E-state index in [0.29, 0.717) is 56.5 Å². The van der Waals surface area contributed by atoms with E-state index in [-0.39, 0.29) is 18.0 Å². The number of carbonyl (C=O) groups excluding carboxylic acids is 2. The Kier molecular flexibility index (Phi) is 7.42. The molecule has 1 aliphatic rings. The van der Waals surface area contributed by atoms with Gasteiger partial charge in [0.05, 0.1) is 30.3 Å². The van der Waals surface area contributed by atoms with Crippen LogP contribution in [-0.2, 0) is 17.6 Å². The number of hydrogen-bond donors (Lipinski definition) is 2. The summed E-state index contributed by atoms with van der Waals surface area (Å²) in [5.74, 6) is 0.288. The fraction of sp³-hybridized carbons (Fsp3) is 0.200. The third-order valence-electron chi connectivity index (χ3n) is 8.30. The van der Waals surface area contributed by atoms with E-state index in [0.717, 1.165) is 23.3 Å². The number of para-hydroxylation sites is 2. The van der Waals surface area contributed by atoms with Crippen molar-refractivity contribution in [2.45, 2.75) is 32.1 Å². The van der Waals surface area contributed by atoms with Crippen LogP contribution in [-0.4, -0.2) is 40.1 Å². The lowest BCUT2D eigenvalue weighted by molar-refractivity contribution is 0.0526. The summed E-state index contributed by atoms with van der Waals surface area (Å²) in [6.45, 7) is 2.01. The van der Waals surface area contributed by atoms with Crippen molar-refractivity contribution < 1.29 is 19.1 Å². The predicted octanol–water partition coefficient (Wildman–Crippen LogP) is 6.93. The van der Waals surface area contributed by atoms with Crippen molar-refractivity contribution in [3.8, 4) is 11.4 Å². The zero-order valence-electron chi connectivity index (χ0n) is 24.9. The number of thiophene rings is 1. The normalized spacial score (nSPS) is 14.3. The van der Waals surface area contributed by atoms with Crippen LogP contribution in [0.4, 0.5) is 10.8 Å². The van der Waals surface area contributed by atoms with Crippen molar-refractivity contribution in [1.82, 2.24) is 14.5 Å². The van der Waals surface area contributed by atoms with Crippen LogP contribution in [0, 0.1) is 0 Å². The molecule has 3 heterocycles. The van der Waals surface area contributed by atoms with Gasteiger partial charge in [-0.25, -0.2) is 14.8 Å². The minimum absolute atomic E-state index is 0.183. The molecule has 0 fully saturated rings. The molecule has 3 aromatic carbocycles. The van der Waals surface area contributed by atoms with E-state index < -0.39 is 11.9 Å². The molecule has 1 atom stereocenters. The van der Waals surface area contributed by atoms with Gasteiger partial charge in [-0.05, 0) is 79.6 Å². The molecule has 0 spiro atoms. The Morgan fingerprint density at radius 1 is 0.978 bits per heavy atom. The van der Waals surface area contributed by atoms with Crippen molar-refractivity contribution >= 4 is 56.2 Å². The summed E-state index contributed by atoms with van der Waals surface area (Å²) in [7, 11) is 1.60. The van der Waals surface area contributed by atoms with Gasteiger partial charge in [0.15, 0.2) is 5.65 Å². The molecule has 1 amide bonds. The number of ether oxygens (including phenoxy) is 2. The van der Waals surface area contributed by atoms with Crippen molar-refractivity contribution in [2.24, 2.45) is 0 Å². The Hall–Kier alpha value is -5.22. The lowest BCUT2D eigenvalue weighted by atomic mass is 9.83. The predicted molar refractivity (Wildman–Crippen MR) is 177 cm³/mol. The van der Waals surface area contributed by atoms with E-state index in [1.807, 2.05) is 66.7 Å². The molecular weight excluding hydrogens is 586 g/mol. The molecule has 3 N–H and O–H groups in total. The van der Waals surface area contributed by atoms with E-state index in [2.05, 4.69) is 17.4 Å². The van der Waals surface area contributed by atoms with Crippen molar-refractivity contribution in [2.75, 3.05) is 24.8 Å². The van der Waals surface area contributed by atoms with Gasteiger partial charge in [0.1, 0.15) is 27.6 Å². The number of methoxy groups -OCH3 is 1. The molecule has 0 saturated heterocycles. The number of esters is 1. The van der Waals surface area contributed by atoms with Crippen LogP contribution < -0.4 is 15.8 Å². The highest BCUT2D eigenvalue weighted by Gasteiger charge is 2.32. The number of nitrogen functional groups attached to an aromatic ring is 1. The van der Waals surface area contributed by atoms with Gasteiger partial charge in [-0.2, -0.15) is 0 Å². The number of nitrogens with two attached hydrogens (primary N) is 1. The molecule has 45 heavy (non-hydrogen) atoms. The molecule has 0 radical (unpaired) electrons. The number of amides is 1. The SMILES string of the molecule is CCOC(=O)c1c(NC(=O)c2c(N)n(-c3ccc(OC)cc3)c3nc4ccccc4nc23)sc2c1CC[C@@H](c1ccccc1)C2. The van der Waals surface area contributed by atoms with Gasteiger partial charge in [0.25, 0.3) is 5.91 Å². The average molecular weight is 618 g/mol. The molecule has 10 heteroatoms. The largest absolute Gasteiger partial charge is 0.497 e. The van der Waals surface area contributed by atoms with Crippen LogP contribution in [0.3, 0.4) is 0 Å². The number of rotatable bonds is 7. The Morgan fingerprint density at radius 2 is 1.69 bits per heavy atom. The monoisotopic (exact) mass is 617 g/mol. The number of anilines is 2. The number of fused-ring (bicyclic) bond motifs is 3. The van der Waals surface area contributed by atoms with E-state index in [9.17, 15) is 9.59 Å². The maximum atomic E-state index is 14.2. The molecule has 3 aromatic heterocycles. The maximum absolute atomic E-state index is 14.2. The molecule has 226 valence electrons. The molecule has 0 aliphatic heterocycles. The summed E-state index contributed by atoms with van der Waals surface area (Å²) in [5, 5.41) is 3.49. The first-order valence-electron chi connectivity index (χ1n) is 14.9. The van der Waals surface area contributed by atoms with Crippen molar-refractivity contribution in [3.63, 3.8) is 0 Å². The minimum atomic E-state index is -0.474. The summed E-state index contributed by atoms with van der Waals surface area (Å²) in [6, 6.07) is 25.2. The Labute approximate surface area is 263 Å². The first kappa shape index (κ1) is 28.5. The molecule has 6 aromatic rings. The fourth-order valence-corrected chi connectivity index (χ4v) is 7.46. The molecule has 9 nitrogen and oxygen atoms in total. The second-order valence-corrected chi connectivity index (χ2v) is 12.0. The summed E-state index contributed by atoms with van der Waals surface area (Å²) >= 11 is 1.43. The third-order valence-corrected chi connectivity index (χ3v) is 9.47. The highest BCUT2D eigenvalue weighted by Crippen LogP contribution is 2.43. The zero-order valence-corrected chi connectivity index (χ0v) is 25.7. The Balaban J connectivity index is 1.33. The topological polar surface area (TPSA) is 121 Å². The molecule has 0 bridgehead atoms. The molecule has 0 unspecified atom stereocenters. The van der Waals surface area contributed by atoms with Gasteiger partial charge in [-0.3, -0.25) is 9.36 Å². The highest BCUT2D eigenvalue weighted by atomic mass is 32.1. The molecule has 1 aliphatic carbocycles. The second kappa shape index (κ2) is 11.7. The fourth-order valence-electron chi connectivity index (χ4n) is 6.15. The van der Waals surface area contributed by atoms with Gasteiger partial charge in [0, 0.05) is 10.6 Å². The van der Waals surface area contributed by atoms with Crippen LogP contribution in [0.1, 0.15) is 56.0 Å². The summed E-state index contributed by atoms with van der Waals surface area (Å²) < 4.78 is 12.5. The summed E-state index contributed by atoms with van der Waals surface area (Å²) in [4.78, 5) is 38.3. The van der Waals surface area contributed by atoms with Crippen LogP contribution in [0.25, 0.3) is 27.9 Å². The lowest BCUT2D eigenvalue weighted by Crippen LogP contribution is -2.18. The summed E-state index contributed by atoms with van der Waals surface area (Å²) in [5.41, 5.74) is 12.4. The van der Waals surface area contributed by atoms with Gasteiger partial charge in [0.2, 0.25) is 0 Å². The molecular formula is C35H31N5O4S. The Bertz CT molecular complexity index is 2070. The number of nitrogens with one attached hydrogen (secondary N) is 1. The number of aromatic nitrogens is 3. The Morgan fingerprint density at radius 3 is 2.40 bits per heavy atom. The number of hydrogen-bond acceptors (Lipinski definition) is 8. The number of nitrogens with zero attached hydrogens (tertiary/aromatic N) is 3. The zero-order chi connectivity index (χ0) is 31.1. The van der Waals surface area contributed by atoms with E-state index in [4.69, 9.17) is 25.2 Å². The van der Waals surface area contributed by atoms with Crippen LogP contribution in [0.15, 0.2) is 78.9 Å². The first-order valence-corrected chi connectivity index (χ1v) is 15.7. The molecule has 7 rings (SSSR count). The van der Waals surface area contributed by atoms with Crippen molar-refractivity contribution in [1.29, 1.82) is 0 Å². The second-order valence-electron chi connectivity index (χ2n) is 10.9. The average Bonchev–Trinajstić information content (AvgIpc) is 3.56. The van der Waals surface area contributed by atoms with Crippen LogP contribution >= 0.6 is 11.3 Å². The lowest BCUT2D eigenvalue weighted by Gasteiger charge is -2.23. The van der Waals surface area contributed by atoms with E-state index in [1.54, 1.807) is 18.6 Å². The van der Waals surface area contributed by atoms with Gasteiger partial charge in [-0.15, -0.1) is 11.3 Å². The van der Waals surface area contributed by atoms with Gasteiger partial charge in [-0.1, -0.05) is 42.5 Å².